The first-order valence-corrected chi connectivity index (χ1v) is 4.41. The summed E-state index contributed by atoms with van der Waals surface area (Å²) < 4.78 is 0. The molecule has 3 nitrogen and oxygen atoms in total. The Hall–Kier alpha value is -0.830. The normalized spacial score (nSPS) is 20.0. The highest BCUT2D eigenvalue weighted by atomic mass is 16.4. The van der Waals surface area contributed by atoms with Gasteiger partial charge in [0, 0.05) is 12.6 Å². The summed E-state index contributed by atoms with van der Waals surface area (Å²) in [5.41, 5.74) is 0. The van der Waals surface area contributed by atoms with Gasteiger partial charge in [0.05, 0.1) is 0 Å². The van der Waals surface area contributed by atoms with E-state index >= 15 is 0 Å². The molecule has 0 spiro atoms. The van der Waals surface area contributed by atoms with E-state index in [1.165, 1.54) is 25.3 Å². The molecule has 0 amide bonds. The maximum Gasteiger partial charge on any atom is 0.328 e. The van der Waals surface area contributed by atoms with Crippen molar-refractivity contribution in [1.82, 2.24) is 4.90 Å². The van der Waals surface area contributed by atoms with E-state index in [9.17, 15) is 4.79 Å². The van der Waals surface area contributed by atoms with E-state index in [1.54, 1.807) is 6.08 Å². The van der Waals surface area contributed by atoms with Crippen molar-refractivity contribution in [2.45, 2.75) is 19.3 Å². The van der Waals surface area contributed by atoms with Gasteiger partial charge < -0.3 is 5.11 Å². The second-order valence-corrected chi connectivity index (χ2v) is 3.10. The van der Waals surface area contributed by atoms with Crippen LogP contribution in [0.5, 0.6) is 0 Å². The first kappa shape index (κ1) is 9.26. The van der Waals surface area contributed by atoms with Crippen LogP contribution in [0.2, 0.25) is 0 Å². The Morgan fingerprint density at radius 3 is 2.58 bits per heavy atom. The maximum atomic E-state index is 10.1. The van der Waals surface area contributed by atoms with Gasteiger partial charge in [-0.3, -0.25) is 4.90 Å². The summed E-state index contributed by atoms with van der Waals surface area (Å²) in [7, 11) is 0. The largest absolute Gasteiger partial charge is 0.478 e. The SMILES string of the molecule is O=C(O)/C=C\CN1CCCCC1. The summed E-state index contributed by atoms with van der Waals surface area (Å²) in [4.78, 5) is 12.4. The fraction of sp³-hybridized carbons (Fsp3) is 0.667. The van der Waals surface area contributed by atoms with E-state index in [2.05, 4.69) is 4.90 Å². The van der Waals surface area contributed by atoms with Gasteiger partial charge in [-0.1, -0.05) is 12.5 Å². The van der Waals surface area contributed by atoms with E-state index in [0.29, 0.717) is 0 Å². The smallest absolute Gasteiger partial charge is 0.328 e. The van der Waals surface area contributed by atoms with Gasteiger partial charge in [0.15, 0.2) is 0 Å². The minimum absolute atomic E-state index is 0.784. The molecule has 0 aromatic rings. The number of likely N-dealkylation sites (tertiary alicyclic amines) is 1. The van der Waals surface area contributed by atoms with Crippen LogP contribution in [0.1, 0.15) is 19.3 Å². The first-order chi connectivity index (χ1) is 5.79. The van der Waals surface area contributed by atoms with Gasteiger partial charge in [0.2, 0.25) is 0 Å². The molecule has 0 bridgehead atoms. The van der Waals surface area contributed by atoms with E-state index in [1.807, 2.05) is 0 Å². The Balaban J connectivity index is 2.17. The molecule has 1 aliphatic rings. The molecule has 68 valence electrons. The van der Waals surface area contributed by atoms with Crippen molar-refractivity contribution in [2.75, 3.05) is 19.6 Å². The molecule has 1 saturated heterocycles. The monoisotopic (exact) mass is 169 g/mol. The number of piperidine rings is 1. The Labute approximate surface area is 72.7 Å². The van der Waals surface area contributed by atoms with E-state index in [-0.39, 0.29) is 0 Å². The van der Waals surface area contributed by atoms with Crippen LogP contribution in [-0.2, 0) is 4.79 Å². The quantitative estimate of drug-likeness (QED) is 0.643. The first-order valence-electron chi connectivity index (χ1n) is 4.41. The van der Waals surface area contributed by atoms with Crippen LogP contribution in [-0.4, -0.2) is 35.6 Å². The molecule has 1 aliphatic heterocycles. The molecular weight excluding hydrogens is 154 g/mol. The van der Waals surface area contributed by atoms with E-state index in [4.69, 9.17) is 5.11 Å². The lowest BCUT2D eigenvalue weighted by molar-refractivity contribution is -0.131. The van der Waals surface area contributed by atoms with E-state index < -0.39 is 5.97 Å². The molecule has 12 heavy (non-hydrogen) atoms. The summed E-state index contributed by atoms with van der Waals surface area (Å²) in [6.07, 6.45) is 6.75. The molecule has 0 saturated carbocycles. The van der Waals surface area contributed by atoms with Crippen LogP contribution >= 0.6 is 0 Å². The summed E-state index contributed by atoms with van der Waals surface area (Å²) in [6, 6.07) is 0. The zero-order valence-corrected chi connectivity index (χ0v) is 7.20. The lowest BCUT2D eigenvalue weighted by atomic mass is 10.1. The second-order valence-electron chi connectivity index (χ2n) is 3.10. The van der Waals surface area contributed by atoms with Crippen LogP contribution in [0.15, 0.2) is 12.2 Å². The molecular formula is C9H15NO2. The number of hydrogen-bond donors (Lipinski definition) is 1. The van der Waals surface area contributed by atoms with Gasteiger partial charge in [-0.15, -0.1) is 0 Å². The van der Waals surface area contributed by atoms with Gasteiger partial charge >= 0.3 is 5.97 Å². The minimum atomic E-state index is -0.855. The van der Waals surface area contributed by atoms with Crippen molar-refractivity contribution in [3.63, 3.8) is 0 Å². The average Bonchev–Trinajstić information content (AvgIpc) is 2.05. The van der Waals surface area contributed by atoms with Crippen molar-refractivity contribution < 1.29 is 9.90 Å². The van der Waals surface area contributed by atoms with Gasteiger partial charge in [0.25, 0.3) is 0 Å². The molecule has 3 heteroatoms. The molecule has 0 aliphatic carbocycles. The molecule has 1 rings (SSSR count). The fourth-order valence-corrected chi connectivity index (χ4v) is 1.44. The van der Waals surface area contributed by atoms with Crippen LogP contribution in [0.4, 0.5) is 0 Å². The third-order valence-corrected chi connectivity index (χ3v) is 2.07. The van der Waals surface area contributed by atoms with Gasteiger partial charge in [-0.2, -0.15) is 0 Å². The molecule has 1 heterocycles. The zero-order valence-electron chi connectivity index (χ0n) is 7.20. The van der Waals surface area contributed by atoms with Crippen molar-refractivity contribution in [3.8, 4) is 0 Å². The molecule has 0 aromatic carbocycles. The van der Waals surface area contributed by atoms with E-state index in [0.717, 1.165) is 19.6 Å². The Morgan fingerprint density at radius 1 is 1.33 bits per heavy atom. The van der Waals surface area contributed by atoms with Gasteiger partial charge in [-0.25, -0.2) is 4.79 Å². The number of carbonyl (C=O) groups is 1. The molecule has 0 aromatic heterocycles. The number of carboxylic acids is 1. The highest BCUT2D eigenvalue weighted by molar-refractivity contribution is 5.79. The summed E-state index contributed by atoms with van der Waals surface area (Å²) in [5, 5.41) is 8.34. The number of rotatable bonds is 3. The molecule has 0 atom stereocenters. The Bertz CT molecular complexity index is 171. The third kappa shape index (κ3) is 3.53. The highest BCUT2D eigenvalue weighted by Crippen LogP contribution is 2.07. The number of aliphatic carboxylic acids is 1. The highest BCUT2D eigenvalue weighted by Gasteiger charge is 2.07. The van der Waals surface area contributed by atoms with Crippen molar-refractivity contribution in [3.05, 3.63) is 12.2 Å². The molecule has 1 fully saturated rings. The summed E-state index contributed by atoms with van der Waals surface area (Å²) in [6.45, 7) is 3.01. The zero-order chi connectivity index (χ0) is 8.81. The second kappa shape index (κ2) is 4.93. The van der Waals surface area contributed by atoms with Gasteiger partial charge in [-0.05, 0) is 25.9 Å². The third-order valence-electron chi connectivity index (χ3n) is 2.07. The summed E-state index contributed by atoms with van der Waals surface area (Å²) in [5.74, 6) is -0.855. The van der Waals surface area contributed by atoms with Crippen LogP contribution in [0.3, 0.4) is 0 Å². The number of carboxylic acid groups (broad SMARTS) is 1. The van der Waals surface area contributed by atoms with Crippen molar-refractivity contribution >= 4 is 5.97 Å². The minimum Gasteiger partial charge on any atom is -0.478 e. The maximum absolute atomic E-state index is 10.1. The lowest BCUT2D eigenvalue weighted by Crippen LogP contribution is -2.29. The molecule has 0 radical (unpaired) electrons. The van der Waals surface area contributed by atoms with Crippen LogP contribution in [0, 0.1) is 0 Å². The van der Waals surface area contributed by atoms with Gasteiger partial charge in [0.1, 0.15) is 0 Å². The van der Waals surface area contributed by atoms with Crippen molar-refractivity contribution in [2.24, 2.45) is 0 Å². The topological polar surface area (TPSA) is 40.5 Å². The Kier molecular flexibility index (Phi) is 3.80. The summed E-state index contributed by atoms with van der Waals surface area (Å²) >= 11 is 0. The lowest BCUT2D eigenvalue weighted by Gasteiger charge is -2.24. The van der Waals surface area contributed by atoms with Crippen molar-refractivity contribution in [1.29, 1.82) is 0 Å². The number of hydrogen-bond acceptors (Lipinski definition) is 2. The molecule has 0 unspecified atom stereocenters. The van der Waals surface area contributed by atoms with Crippen LogP contribution < -0.4 is 0 Å². The van der Waals surface area contributed by atoms with Crippen LogP contribution in [0.25, 0.3) is 0 Å². The number of nitrogens with zero attached hydrogens (tertiary/aromatic N) is 1. The standard InChI is InChI=1S/C9H15NO2/c11-9(12)5-4-8-10-6-2-1-3-7-10/h4-5H,1-3,6-8H2,(H,11,12)/b5-4-. The predicted octanol–water partition coefficient (Wildman–Crippen LogP) is 1.11. The fourth-order valence-electron chi connectivity index (χ4n) is 1.44. The predicted molar refractivity (Wildman–Crippen MR) is 47.1 cm³/mol. The molecule has 1 N–H and O–H groups in total. The average molecular weight is 169 g/mol. The Morgan fingerprint density at radius 2 is 2.00 bits per heavy atom.